The van der Waals surface area contributed by atoms with Gasteiger partial charge in [0.25, 0.3) is 11.8 Å². The maximum Gasteiger partial charge on any atom is 0.322 e. The number of hydrogen-bond acceptors (Lipinski definition) is 9. The molecule has 0 spiro atoms. The molecule has 0 fully saturated rings. The van der Waals surface area contributed by atoms with Gasteiger partial charge in [-0.1, -0.05) is 24.8 Å². The summed E-state index contributed by atoms with van der Waals surface area (Å²) in [6.07, 6.45) is 3.00. The number of primary amides is 1. The van der Waals surface area contributed by atoms with Crippen molar-refractivity contribution in [3.05, 3.63) is 84.3 Å². The Morgan fingerprint density at radius 2 is 1.76 bits per heavy atom. The molecule has 5 rings (SSSR count). The lowest BCUT2D eigenvalue weighted by molar-refractivity contribution is -0.112. The zero-order chi connectivity index (χ0) is 29.3. The van der Waals surface area contributed by atoms with E-state index in [-0.39, 0.29) is 23.3 Å². The monoisotopic (exact) mass is 566 g/mol. The Morgan fingerprint density at radius 3 is 2.41 bits per heavy atom. The van der Waals surface area contributed by atoms with Gasteiger partial charge in [0.1, 0.15) is 5.82 Å². The number of benzene rings is 2. The lowest BCUT2D eigenvalue weighted by atomic mass is 9.97. The molecule has 0 saturated heterocycles. The molecule has 0 atom stereocenters. The predicted molar refractivity (Wildman–Crippen MR) is 160 cm³/mol. The number of methoxy groups -OCH3 is 1. The van der Waals surface area contributed by atoms with Crippen LogP contribution < -0.4 is 26.3 Å². The number of ether oxygens (including phenoxy) is 2. The highest BCUT2D eigenvalue weighted by molar-refractivity contribution is 7.23. The van der Waals surface area contributed by atoms with Crippen molar-refractivity contribution in [1.29, 1.82) is 0 Å². The highest BCUT2D eigenvalue weighted by Crippen LogP contribution is 2.49. The van der Waals surface area contributed by atoms with Crippen LogP contribution >= 0.6 is 11.3 Å². The second-order valence-electron chi connectivity index (χ2n) is 9.19. The number of hydrogen-bond donors (Lipinski definition) is 3. The third kappa shape index (κ3) is 5.43. The Balaban J connectivity index is 1.67. The van der Waals surface area contributed by atoms with Gasteiger partial charge in [-0.05, 0) is 55.3 Å². The third-order valence-corrected chi connectivity index (χ3v) is 7.50. The summed E-state index contributed by atoms with van der Waals surface area (Å²) in [5.74, 6) is 0.230. The van der Waals surface area contributed by atoms with Crippen molar-refractivity contribution in [2.45, 2.75) is 13.8 Å². The van der Waals surface area contributed by atoms with Gasteiger partial charge in [0.15, 0.2) is 11.5 Å². The van der Waals surface area contributed by atoms with E-state index in [4.69, 9.17) is 20.9 Å². The normalized spacial score (nSPS) is 10.8. The van der Waals surface area contributed by atoms with E-state index in [9.17, 15) is 9.59 Å². The molecule has 0 unspecified atom stereocenters. The van der Waals surface area contributed by atoms with E-state index in [1.807, 2.05) is 31.2 Å². The van der Waals surface area contributed by atoms with E-state index >= 15 is 0 Å². The highest BCUT2D eigenvalue weighted by atomic mass is 32.1. The van der Waals surface area contributed by atoms with Gasteiger partial charge in [-0.3, -0.25) is 9.59 Å². The molecule has 0 radical (unpaired) electrons. The smallest absolute Gasteiger partial charge is 0.322 e. The Kier molecular flexibility index (Phi) is 7.36. The molecule has 0 aliphatic carbocycles. The fourth-order valence-electron chi connectivity index (χ4n) is 4.20. The molecular weight excluding hydrogens is 540 g/mol. The number of nitrogens with two attached hydrogens (primary N) is 2. The number of nitrogens with zero attached hydrogens (tertiary/aromatic N) is 3. The fraction of sp³-hybridized carbons (Fsp3) is 0.100. The SMILES string of the molecule is C=C(C)C(=O)Nc1ccc(-c2sc3c(C(N)=O)cnc(N)c3c2-c2ccc(Oc3nccc(C)n3)c(OC)c2)cc1. The summed E-state index contributed by atoms with van der Waals surface area (Å²) in [4.78, 5) is 37.9. The fourth-order valence-corrected chi connectivity index (χ4v) is 5.55. The van der Waals surface area contributed by atoms with Crippen molar-refractivity contribution in [3.63, 3.8) is 0 Å². The first kappa shape index (κ1) is 27.3. The Bertz CT molecular complexity index is 1830. The van der Waals surface area contributed by atoms with Crippen LogP contribution in [0.4, 0.5) is 11.5 Å². The number of aryl methyl sites for hydroxylation is 1. The molecule has 5 aromatic rings. The average Bonchev–Trinajstić information content (AvgIpc) is 3.35. The van der Waals surface area contributed by atoms with Crippen molar-refractivity contribution >= 4 is 44.7 Å². The van der Waals surface area contributed by atoms with Gasteiger partial charge in [-0.25, -0.2) is 15.0 Å². The third-order valence-electron chi connectivity index (χ3n) is 6.23. The van der Waals surface area contributed by atoms with Crippen molar-refractivity contribution in [3.8, 4) is 39.1 Å². The molecule has 2 aromatic carbocycles. The summed E-state index contributed by atoms with van der Waals surface area (Å²) in [7, 11) is 1.54. The first-order valence-corrected chi connectivity index (χ1v) is 13.2. The quantitative estimate of drug-likeness (QED) is 0.201. The van der Waals surface area contributed by atoms with Crippen molar-refractivity contribution in [2.75, 3.05) is 18.2 Å². The van der Waals surface area contributed by atoms with Crippen LogP contribution in [0.2, 0.25) is 0 Å². The maximum atomic E-state index is 12.3. The number of rotatable bonds is 8. The molecule has 0 aliphatic rings. The predicted octanol–water partition coefficient (Wildman–Crippen LogP) is 5.73. The summed E-state index contributed by atoms with van der Waals surface area (Å²) in [5, 5.41) is 3.40. The molecule has 41 heavy (non-hydrogen) atoms. The number of carbonyl (C=O) groups excluding carboxylic acids is 2. The van der Waals surface area contributed by atoms with Crippen molar-refractivity contribution in [2.24, 2.45) is 5.73 Å². The van der Waals surface area contributed by atoms with Crippen LogP contribution in [0.15, 0.2) is 73.1 Å². The summed E-state index contributed by atoms with van der Waals surface area (Å²) in [5.41, 5.74) is 16.5. The maximum absolute atomic E-state index is 12.3. The van der Waals surface area contributed by atoms with Crippen molar-refractivity contribution in [1.82, 2.24) is 15.0 Å². The minimum absolute atomic E-state index is 0.191. The molecule has 3 heterocycles. The number of nitrogens with one attached hydrogen (secondary N) is 1. The first-order valence-electron chi connectivity index (χ1n) is 12.4. The summed E-state index contributed by atoms with van der Waals surface area (Å²) in [6.45, 7) is 7.16. The zero-order valence-electron chi connectivity index (χ0n) is 22.5. The lowest BCUT2D eigenvalue weighted by Gasteiger charge is -2.13. The van der Waals surface area contributed by atoms with Gasteiger partial charge in [-0.15, -0.1) is 11.3 Å². The number of thiophene rings is 1. The van der Waals surface area contributed by atoms with E-state index in [1.54, 1.807) is 37.4 Å². The molecule has 10 nitrogen and oxygen atoms in total. The minimum atomic E-state index is -0.612. The zero-order valence-corrected chi connectivity index (χ0v) is 23.3. The van der Waals surface area contributed by atoms with Crippen LogP contribution in [0.25, 0.3) is 31.7 Å². The first-order chi connectivity index (χ1) is 19.7. The Morgan fingerprint density at radius 1 is 1.02 bits per heavy atom. The Hall–Kier alpha value is -5.29. The molecule has 0 saturated carbocycles. The van der Waals surface area contributed by atoms with Gasteiger partial charge < -0.3 is 26.3 Å². The van der Waals surface area contributed by atoms with Crippen LogP contribution in [-0.2, 0) is 4.79 Å². The molecule has 206 valence electrons. The van der Waals surface area contributed by atoms with E-state index in [1.165, 1.54) is 24.6 Å². The van der Waals surface area contributed by atoms with E-state index < -0.39 is 5.91 Å². The van der Waals surface area contributed by atoms with E-state index in [0.29, 0.717) is 32.8 Å². The number of anilines is 2. The topological polar surface area (TPSA) is 155 Å². The van der Waals surface area contributed by atoms with E-state index in [2.05, 4.69) is 26.8 Å². The van der Waals surface area contributed by atoms with Gasteiger partial charge in [0.05, 0.1) is 17.4 Å². The summed E-state index contributed by atoms with van der Waals surface area (Å²) < 4.78 is 12.2. The number of carbonyl (C=O) groups is 2. The highest BCUT2D eigenvalue weighted by Gasteiger charge is 2.23. The van der Waals surface area contributed by atoms with Gasteiger partial charge in [0, 0.05) is 45.2 Å². The number of pyridine rings is 1. The molecule has 0 aliphatic heterocycles. The summed E-state index contributed by atoms with van der Waals surface area (Å²) >= 11 is 1.37. The number of aromatic nitrogens is 3. The second kappa shape index (κ2) is 11.1. The molecule has 5 N–H and O–H groups in total. The molecule has 11 heteroatoms. The second-order valence-corrected chi connectivity index (χ2v) is 10.2. The summed E-state index contributed by atoms with van der Waals surface area (Å²) in [6, 6.07) is 14.7. The van der Waals surface area contributed by atoms with E-state index in [0.717, 1.165) is 27.3 Å². The van der Waals surface area contributed by atoms with Crippen molar-refractivity contribution < 1.29 is 19.1 Å². The van der Waals surface area contributed by atoms with Crippen LogP contribution in [0.1, 0.15) is 23.0 Å². The number of fused-ring (bicyclic) bond motifs is 1. The molecular formula is C30H26N6O4S. The van der Waals surface area contributed by atoms with Crippen LogP contribution in [-0.4, -0.2) is 33.9 Å². The molecule has 0 bridgehead atoms. The van der Waals surface area contributed by atoms with Gasteiger partial charge >= 0.3 is 6.01 Å². The average molecular weight is 567 g/mol. The number of amides is 2. The van der Waals surface area contributed by atoms with Crippen LogP contribution in [0.5, 0.6) is 17.5 Å². The van der Waals surface area contributed by atoms with Gasteiger partial charge in [-0.2, -0.15) is 0 Å². The largest absolute Gasteiger partial charge is 0.493 e. The standard InChI is InChI=1S/C30H26N6O4S/c1-15(2)29(38)36-19-8-5-17(6-9-19)25-23(24-26(41-25)20(28(32)37)14-34-27(24)31)18-7-10-21(22(13-18)39-4)40-30-33-12-11-16(3)35-30/h5-14H,1H2,2-4H3,(H2,31,34)(H2,32,37)(H,36,38). The molecule has 2 amide bonds. The lowest BCUT2D eigenvalue weighted by Crippen LogP contribution is -2.11. The molecule has 3 aromatic heterocycles. The van der Waals surface area contributed by atoms with Crippen LogP contribution in [0, 0.1) is 6.92 Å². The minimum Gasteiger partial charge on any atom is -0.493 e. The van der Waals surface area contributed by atoms with Crippen LogP contribution in [0.3, 0.4) is 0 Å². The van der Waals surface area contributed by atoms with Gasteiger partial charge in [0.2, 0.25) is 0 Å². The number of nitrogen functional groups attached to an aromatic ring is 1. The Labute approximate surface area is 239 Å².